The summed E-state index contributed by atoms with van der Waals surface area (Å²) in [5.74, 6) is 0.869. The molecule has 1 aliphatic rings. The zero-order chi connectivity index (χ0) is 12.4. The van der Waals surface area contributed by atoms with E-state index in [-0.39, 0.29) is 17.7 Å². The molecule has 0 saturated heterocycles. The molecule has 1 aromatic carbocycles. The highest BCUT2D eigenvalue weighted by molar-refractivity contribution is 6.01. The van der Waals surface area contributed by atoms with Crippen molar-refractivity contribution >= 4 is 5.78 Å². The van der Waals surface area contributed by atoms with Gasteiger partial charge >= 0.3 is 0 Å². The fraction of sp³-hybridized carbons (Fsp3) is 0.533. The van der Waals surface area contributed by atoms with Crippen molar-refractivity contribution in [1.29, 1.82) is 0 Å². The Morgan fingerprint density at radius 2 is 1.94 bits per heavy atom. The molecule has 2 N–H and O–H groups in total. The molecule has 0 heterocycles. The molecule has 0 bridgehead atoms. The van der Waals surface area contributed by atoms with Crippen LogP contribution in [0.25, 0.3) is 0 Å². The van der Waals surface area contributed by atoms with Crippen molar-refractivity contribution in [3.63, 3.8) is 0 Å². The Kier molecular flexibility index (Phi) is 3.63. The highest BCUT2D eigenvalue weighted by Crippen LogP contribution is 2.38. The highest BCUT2D eigenvalue weighted by atomic mass is 16.1. The van der Waals surface area contributed by atoms with Gasteiger partial charge in [-0.05, 0) is 30.2 Å². The number of hydrogen-bond donors (Lipinski definition) is 1. The van der Waals surface area contributed by atoms with Crippen molar-refractivity contribution in [3.05, 3.63) is 35.4 Å². The lowest BCUT2D eigenvalue weighted by molar-refractivity contribution is 0.0938. The minimum absolute atomic E-state index is 0.0995. The lowest BCUT2D eigenvalue weighted by Crippen LogP contribution is -2.36. The number of hydrogen-bond acceptors (Lipinski definition) is 2. The van der Waals surface area contributed by atoms with Crippen molar-refractivity contribution in [2.24, 2.45) is 11.7 Å². The van der Waals surface area contributed by atoms with E-state index in [2.05, 4.69) is 6.07 Å². The molecule has 0 aliphatic heterocycles. The first-order valence-electron chi connectivity index (χ1n) is 6.50. The van der Waals surface area contributed by atoms with Crippen molar-refractivity contribution in [1.82, 2.24) is 0 Å². The Morgan fingerprint density at radius 3 is 2.47 bits per heavy atom. The van der Waals surface area contributed by atoms with Crippen molar-refractivity contribution in [2.45, 2.75) is 45.1 Å². The average molecular weight is 231 g/mol. The molecule has 1 aliphatic carbocycles. The van der Waals surface area contributed by atoms with Crippen LogP contribution in [-0.2, 0) is 0 Å². The maximum Gasteiger partial charge on any atom is 0.180 e. The molecule has 0 amide bonds. The molecule has 0 spiro atoms. The van der Waals surface area contributed by atoms with Gasteiger partial charge in [-0.3, -0.25) is 4.79 Å². The average Bonchev–Trinajstić information content (AvgIpc) is 2.25. The van der Waals surface area contributed by atoms with Gasteiger partial charge in [-0.2, -0.15) is 0 Å². The lowest BCUT2D eigenvalue weighted by atomic mass is 9.77. The maximum atomic E-state index is 12.3. The van der Waals surface area contributed by atoms with Gasteiger partial charge in [-0.15, -0.1) is 0 Å². The summed E-state index contributed by atoms with van der Waals surface area (Å²) in [6.45, 7) is 3.99. The third kappa shape index (κ3) is 2.42. The van der Waals surface area contributed by atoms with Gasteiger partial charge < -0.3 is 5.73 Å². The summed E-state index contributed by atoms with van der Waals surface area (Å²) in [6.07, 6.45) is 3.70. The fourth-order valence-electron chi connectivity index (χ4n) is 2.28. The standard InChI is InChI=1S/C15H21NO/c1-10(2)14(16)15(17)13-9-4-3-8-12(13)11-6-5-7-11/h3-4,8-11,14H,5-7,16H2,1-2H3. The molecule has 1 unspecified atom stereocenters. The Labute approximate surface area is 103 Å². The summed E-state index contributed by atoms with van der Waals surface area (Å²) in [4.78, 5) is 12.3. The van der Waals surface area contributed by atoms with E-state index < -0.39 is 0 Å². The van der Waals surface area contributed by atoms with Crippen molar-refractivity contribution in [3.8, 4) is 0 Å². The largest absolute Gasteiger partial charge is 0.321 e. The molecule has 2 rings (SSSR count). The molecule has 0 radical (unpaired) electrons. The minimum atomic E-state index is -0.378. The van der Waals surface area contributed by atoms with Crippen LogP contribution < -0.4 is 5.73 Å². The van der Waals surface area contributed by atoms with E-state index in [1.165, 1.54) is 24.8 Å². The molecule has 1 fully saturated rings. The van der Waals surface area contributed by atoms with E-state index in [0.29, 0.717) is 5.92 Å². The van der Waals surface area contributed by atoms with E-state index in [1.807, 2.05) is 32.0 Å². The van der Waals surface area contributed by atoms with Gasteiger partial charge in [0.15, 0.2) is 5.78 Å². The van der Waals surface area contributed by atoms with E-state index in [0.717, 1.165) is 5.56 Å². The summed E-state index contributed by atoms with van der Waals surface area (Å²) in [5.41, 5.74) is 8.02. The smallest absolute Gasteiger partial charge is 0.180 e. The summed E-state index contributed by atoms with van der Waals surface area (Å²) in [5, 5.41) is 0. The number of carbonyl (C=O) groups excluding carboxylic acids is 1. The second-order valence-corrected chi connectivity index (χ2v) is 5.35. The van der Waals surface area contributed by atoms with Crippen LogP contribution in [0.1, 0.15) is 54.9 Å². The molecule has 2 nitrogen and oxygen atoms in total. The van der Waals surface area contributed by atoms with Crippen LogP contribution in [0.15, 0.2) is 24.3 Å². The molecule has 92 valence electrons. The van der Waals surface area contributed by atoms with Crippen molar-refractivity contribution in [2.75, 3.05) is 0 Å². The number of ketones is 1. The summed E-state index contributed by atoms with van der Waals surface area (Å²) in [7, 11) is 0. The number of nitrogens with two attached hydrogens (primary N) is 1. The molecule has 1 saturated carbocycles. The first-order valence-corrected chi connectivity index (χ1v) is 6.50. The van der Waals surface area contributed by atoms with Gasteiger partial charge in [-0.25, -0.2) is 0 Å². The zero-order valence-electron chi connectivity index (χ0n) is 10.6. The van der Waals surface area contributed by atoms with Crippen molar-refractivity contribution < 1.29 is 4.79 Å². The summed E-state index contributed by atoms with van der Waals surface area (Å²) < 4.78 is 0. The number of carbonyl (C=O) groups is 1. The Balaban J connectivity index is 2.28. The van der Waals surface area contributed by atoms with Gasteiger partial charge in [0.25, 0.3) is 0 Å². The second-order valence-electron chi connectivity index (χ2n) is 5.35. The van der Waals surface area contributed by atoms with Gasteiger partial charge in [-0.1, -0.05) is 44.5 Å². The molecule has 2 heteroatoms. The third-order valence-electron chi connectivity index (χ3n) is 3.79. The second kappa shape index (κ2) is 5.01. The molecular weight excluding hydrogens is 210 g/mol. The normalized spacial score (nSPS) is 17.9. The number of benzene rings is 1. The minimum Gasteiger partial charge on any atom is -0.321 e. The lowest BCUT2D eigenvalue weighted by Gasteiger charge is -2.28. The molecule has 1 aromatic rings. The molecule has 0 aromatic heterocycles. The van der Waals surface area contributed by atoms with Gasteiger partial charge in [0.1, 0.15) is 0 Å². The fourth-order valence-corrected chi connectivity index (χ4v) is 2.28. The molecule has 1 atom stereocenters. The SMILES string of the molecule is CC(C)C(N)C(=O)c1ccccc1C1CCC1. The van der Waals surface area contributed by atoms with Crippen LogP contribution in [0.3, 0.4) is 0 Å². The van der Waals surface area contributed by atoms with Crippen LogP contribution in [-0.4, -0.2) is 11.8 Å². The van der Waals surface area contributed by atoms with E-state index in [9.17, 15) is 4.79 Å². The van der Waals surface area contributed by atoms with Gasteiger partial charge in [0, 0.05) is 5.56 Å². The van der Waals surface area contributed by atoms with Crippen LogP contribution >= 0.6 is 0 Å². The first kappa shape index (κ1) is 12.3. The quantitative estimate of drug-likeness (QED) is 0.809. The molecular formula is C15H21NO. The van der Waals surface area contributed by atoms with Crippen LogP contribution in [0.2, 0.25) is 0 Å². The number of rotatable bonds is 4. The van der Waals surface area contributed by atoms with E-state index in [1.54, 1.807) is 0 Å². The predicted octanol–water partition coefficient (Wildman–Crippen LogP) is 3.12. The van der Waals surface area contributed by atoms with Gasteiger partial charge in [0.05, 0.1) is 6.04 Å². The van der Waals surface area contributed by atoms with Gasteiger partial charge in [0.2, 0.25) is 0 Å². The summed E-state index contributed by atoms with van der Waals surface area (Å²) >= 11 is 0. The zero-order valence-corrected chi connectivity index (χ0v) is 10.6. The molecule has 17 heavy (non-hydrogen) atoms. The Hall–Kier alpha value is -1.15. The van der Waals surface area contributed by atoms with E-state index >= 15 is 0 Å². The van der Waals surface area contributed by atoms with Crippen LogP contribution in [0, 0.1) is 5.92 Å². The topological polar surface area (TPSA) is 43.1 Å². The number of Topliss-reactive ketones (excluding diaryl/α,β-unsaturated/α-hetero) is 1. The Morgan fingerprint density at radius 1 is 1.29 bits per heavy atom. The predicted molar refractivity (Wildman–Crippen MR) is 70.2 cm³/mol. The Bertz CT molecular complexity index is 407. The summed E-state index contributed by atoms with van der Waals surface area (Å²) in [6, 6.07) is 7.59. The monoisotopic (exact) mass is 231 g/mol. The third-order valence-corrected chi connectivity index (χ3v) is 3.79. The maximum absolute atomic E-state index is 12.3. The van der Waals surface area contributed by atoms with Crippen LogP contribution in [0.5, 0.6) is 0 Å². The van der Waals surface area contributed by atoms with E-state index in [4.69, 9.17) is 5.73 Å². The first-order chi connectivity index (χ1) is 8.11. The van der Waals surface area contributed by atoms with Crippen LogP contribution in [0.4, 0.5) is 0 Å². The highest BCUT2D eigenvalue weighted by Gasteiger charge is 2.27.